The van der Waals surface area contributed by atoms with Crippen molar-refractivity contribution in [3.8, 4) is 0 Å². The predicted molar refractivity (Wildman–Crippen MR) is 268 cm³/mol. The summed E-state index contributed by atoms with van der Waals surface area (Å²) in [6, 6.07) is 21.0. The fourth-order valence-electron chi connectivity index (χ4n) is 7.38. The van der Waals surface area contributed by atoms with E-state index in [4.69, 9.17) is 44.2 Å². The average Bonchev–Trinajstić information content (AvgIpc) is 3.34. The Balaban J connectivity index is 1.19. The molecule has 3 aliphatic rings. The maximum absolute atomic E-state index is 12.9. The van der Waals surface area contributed by atoms with Crippen molar-refractivity contribution in [3.63, 3.8) is 0 Å². The number of hydrogen-bond acceptors (Lipinski definition) is 16. The van der Waals surface area contributed by atoms with E-state index in [1.807, 2.05) is 18.2 Å². The van der Waals surface area contributed by atoms with Gasteiger partial charge in [0.1, 0.15) is 0 Å². The van der Waals surface area contributed by atoms with Gasteiger partial charge in [-0.2, -0.15) is 30.0 Å². The zero-order valence-electron chi connectivity index (χ0n) is 39.5. The second kappa shape index (κ2) is 25.4. The van der Waals surface area contributed by atoms with Gasteiger partial charge >= 0.3 is 11.9 Å². The van der Waals surface area contributed by atoms with Gasteiger partial charge in [0.25, 0.3) is 0 Å². The fourth-order valence-corrected chi connectivity index (χ4v) is 7.38. The molecule has 3 aromatic rings. The molecule has 0 aliphatic carbocycles. The van der Waals surface area contributed by atoms with Gasteiger partial charge < -0.3 is 35.3 Å². The summed E-state index contributed by atoms with van der Waals surface area (Å²) < 4.78 is 17.1. The van der Waals surface area contributed by atoms with Crippen LogP contribution in [0.1, 0.15) is 138 Å². The minimum Gasteiger partial charge on any atom is -0.462 e. The first-order chi connectivity index (χ1) is 32.6. The molecule has 6 rings (SSSR count). The van der Waals surface area contributed by atoms with E-state index in [-0.39, 0.29) is 47.6 Å². The maximum Gasteiger partial charge on any atom is 0.338 e. The predicted octanol–water partition coefficient (Wildman–Crippen LogP) is 10.5. The lowest BCUT2D eigenvalue weighted by Crippen LogP contribution is -2.49. The number of guanidine groups is 6. The Morgan fingerprint density at radius 2 is 0.970 bits per heavy atom. The number of aliphatic hydroxyl groups excluding tert-OH is 1. The lowest BCUT2D eigenvalue weighted by molar-refractivity contribution is -0.114. The maximum atomic E-state index is 12.9. The van der Waals surface area contributed by atoms with Gasteiger partial charge in [0, 0.05) is 22.6 Å². The van der Waals surface area contributed by atoms with E-state index in [1.54, 1.807) is 60.7 Å². The molecular formula is C51H66N10O6. The average molecular weight is 915 g/mol. The molecule has 0 aromatic heterocycles. The van der Waals surface area contributed by atoms with E-state index in [9.17, 15) is 14.7 Å². The first-order valence-corrected chi connectivity index (χ1v) is 23.8. The van der Waals surface area contributed by atoms with E-state index in [0.717, 1.165) is 70.6 Å². The number of carbonyl (C=O) groups is 2. The summed E-state index contributed by atoms with van der Waals surface area (Å²) in [5, 5.41) is 20.5. The van der Waals surface area contributed by atoms with Crippen molar-refractivity contribution in [2.75, 3.05) is 35.8 Å². The number of rotatable bonds is 25. The summed E-state index contributed by atoms with van der Waals surface area (Å²) in [5.74, 6) is 1.39. The Morgan fingerprint density at radius 3 is 1.36 bits per heavy atom. The van der Waals surface area contributed by atoms with Gasteiger partial charge in [-0.05, 0) is 104 Å². The number of unbranched alkanes of at least 4 members (excludes halogenated alkanes) is 2. The smallest absolute Gasteiger partial charge is 0.338 e. The van der Waals surface area contributed by atoms with Crippen molar-refractivity contribution in [2.45, 2.75) is 112 Å². The number of hydrogen-bond donors (Lipinski definition) is 4. The van der Waals surface area contributed by atoms with Crippen LogP contribution in [0.2, 0.25) is 0 Å². The number of aliphatic hydroxyl groups is 1. The third-order valence-corrected chi connectivity index (χ3v) is 11.9. The zero-order chi connectivity index (χ0) is 47.5. The minimum atomic E-state index is -1.05. The second-order valence-corrected chi connectivity index (χ2v) is 16.9. The quantitative estimate of drug-likeness (QED) is 0.0361. The number of nitrogens with one attached hydrogen (secondary N) is 3. The SMILES string of the molecule is C=CCCC(CC)COC(=O)c1ccc(NC2=NC3=NC(Nc4ccc(C(O)OCC(CC)CCCC)cc4)=NC4=NC(Nc5ccc(C(=O)OCC(CC)CCCC)cc5)=NC(=N2)N43)cc1. The molecule has 3 heterocycles. The van der Waals surface area contributed by atoms with Crippen LogP contribution in [-0.2, 0) is 14.2 Å². The number of nitrogens with zero attached hydrogens (tertiary/aromatic N) is 7. The van der Waals surface area contributed by atoms with Gasteiger partial charge in [0.05, 0.1) is 30.9 Å². The number of ether oxygens (including phenoxy) is 3. The van der Waals surface area contributed by atoms with Crippen LogP contribution >= 0.6 is 0 Å². The molecular weight excluding hydrogens is 849 g/mol. The van der Waals surface area contributed by atoms with Crippen LogP contribution in [0.4, 0.5) is 17.1 Å². The molecule has 3 aromatic carbocycles. The zero-order valence-corrected chi connectivity index (χ0v) is 39.5. The fraction of sp³-hybridized carbons (Fsp3) is 0.451. The monoisotopic (exact) mass is 915 g/mol. The Bertz CT molecular complexity index is 2320. The Morgan fingerprint density at radius 1 is 0.582 bits per heavy atom. The number of aliphatic imine (C=N–C) groups is 6. The van der Waals surface area contributed by atoms with Crippen LogP contribution in [0.5, 0.6) is 0 Å². The van der Waals surface area contributed by atoms with E-state index >= 15 is 0 Å². The van der Waals surface area contributed by atoms with Crippen LogP contribution in [0.15, 0.2) is 115 Å². The van der Waals surface area contributed by atoms with Crippen molar-refractivity contribution in [3.05, 3.63) is 102 Å². The molecule has 3 aliphatic heterocycles. The number of anilines is 3. The molecule has 0 radical (unpaired) electrons. The standard InChI is InChI=1S/C51H66N10O6/c1-7-13-16-34(10-4)31-65-43(62)37-19-25-40(26-20-37)52-46-55-49-57-47(53-41-27-21-38(22-28-41)44(63)66-32-35(11-5)17-14-8-2)59-51-60-48(58-50(56-46)61(49)51)54-42-29-23-39(24-30-42)45(64)67-33-36(12-6)18-15-9-3/h7,19-30,34-36,44,63H,1,8-18,31-33H2,2-6H3,(H3,52,53,54,55,56,57,58,59,60). The van der Waals surface area contributed by atoms with Crippen LogP contribution in [-0.4, -0.2) is 77.5 Å². The summed E-state index contributed by atoms with van der Waals surface area (Å²) in [7, 11) is 0. The third-order valence-electron chi connectivity index (χ3n) is 11.9. The molecule has 0 spiro atoms. The van der Waals surface area contributed by atoms with Crippen molar-refractivity contribution >= 4 is 64.8 Å². The molecule has 0 bridgehead atoms. The highest BCUT2D eigenvalue weighted by Crippen LogP contribution is 2.24. The van der Waals surface area contributed by atoms with Gasteiger partial charge in [0.2, 0.25) is 35.8 Å². The molecule has 4 unspecified atom stereocenters. The van der Waals surface area contributed by atoms with Gasteiger partial charge in [-0.1, -0.05) is 97.8 Å². The minimum absolute atomic E-state index is 0.181. The summed E-state index contributed by atoms with van der Waals surface area (Å²) in [6.07, 6.45) is 12.0. The molecule has 0 saturated heterocycles. The summed E-state index contributed by atoms with van der Waals surface area (Å²) >= 11 is 0. The second-order valence-electron chi connectivity index (χ2n) is 16.9. The van der Waals surface area contributed by atoms with Crippen molar-refractivity contribution in [1.82, 2.24) is 4.90 Å². The molecule has 16 nitrogen and oxygen atoms in total. The molecule has 16 heteroatoms. The summed E-state index contributed by atoms with van der Waals surface area (Å²) in [4.78, 5) is 55.6. The van der Waals surface area contributed by atoms with E-state index < -0.39 is 12.3 Å². The normalized spacial score (nSPS) is 15.8. The molecule has 0 amide bonds. The number of benzene rings is 3. The highest BCUT2D eigenvalue weighted by Gasteiger charge is 2.35. The van der Waals surface area contributed by atoms with Gasteiger partial charge in [0.15, 0.2) is 6.29 Å². The van der Waals surface area contributed by atoms with Crippen molar-refractivity contribution in [1.29, 1.82) is 0 Å². The molecule has 356 valence electrons. The van der Waals surface area contributed by atoms with Crippen LogP contribution in [0, 0.1) is 17.8 Å². The molecule has 67 heavy (non-hydrogen) atoms. The first-order valence-electron chi connectivity index (χ1n) is 23.8. The van der Waals surface area contributed by atoms with E-state index in [1.165, 1.54) is 4.90 Å². The van der Waals surface area contributed by atoms with Crippen LogP contribution in [0.25, 0.3) is 0 Å². The Kier molecular flexibility index (Phi) is 18.9. The summed E-state index contributed by atoms with van der Waals surface area (Å²) in [5.41, 5.74) is 3.38. The van der Waals surface area contributed by atoms with Gasteiger partial charge in [-0.3, -0.25) is 0 Å². The van der Waals surface area contributed by atoms with Crippen molar-refractivity contribution in [2.24, 2.45) is 47.7 Å². The topological polar surface area (TPSA) is 196 Å². The van der Waals surface area contributed by atoms with E-state index in [2.05, 4.69) is 57.1 Å². The van der Waals surface area contributed by atoms with Gasteiger partial charge in [-0.25, -0.2) is 14.5 Å². The lowest BCUT2D eigenvalue weighted by atomic mass is 10.0. The highest BCUT2D eigenvalue weighted by molar-refractivity contribution is 6.32. The van der Waals surface area contributed by atoms with Crippen molar-refractivity contribution < 1.29 is 28.9 Å². The Labute approximate surface area is 394 Å². The van der Waals surface area contributed by atoms with Crippen LogP contribution < -0.4 is 16.0 Å². The molecule has 4 atom stereocenters. The highest BCUT2D eigenvalue weighted by atomic mass is 16.6. The largest absolute Gasteiger partial charge is 0.462 e. The Hall–Kier alpha value is -6.52. The molecule has 4 N–H and O–H groups in total. The number of carbonyl (C=O) groups excluding carboxylic acids is 2. The third kappa shape index (κ3) is 14.5. The van der Waals surface area contributed by atoms with Crippen LogP contribution in [0.3, 0.4) is 0 Å². The number of esters is 2. The molecule has 0 fully saturated rings. The van der Waals surface area contributed by atoms with Gasteiger partial charge in [-0.15, -0.1) is 6.58 Å². The molecule has 0 saturated carbocycles. The van der Waals surface area contributed by atoms with E-state index in [0.29, 0.717) is 65.4 Å². The first kappa shape index (κ1) is 49.9. The lowest BCUT2D eigenvalue weighted by Gasteiger charge is -2.30. The number of allylic oxidation sites excluding steroid dienone is 1. The summed E-state index contributed by atoms with van der Waals surface area (Å²) in [6.45, 7) is 15.7.